The monoisotopic (exact) mass is 325 g/mol. The van der Waals surface area contributed by atoms with Crippen LogP contribution in [0, 0.1) is 0 Å². The molecule has 22 heavy (non-hydrogen) atoms. The number of nitrogens with zero attached hydrogens (tertiary/aromatic N) is 1. The normalized spacial score (nSPS) is 11.6. The van der Waals surface area contributed by atoms with Crippen molar-refractivity contribution >= 4 is 23.3 Å². The lowest BCUT2D eigenvalue weighted by molar-refractivity contribution is -0.147. The highest BCUT2D eigenvalue weighted by Gasteiger charge is 2.06. The fourth-order valence-electron chi connectivity index (χ4n) is 1.80. The third-order valence-corrected chi connectivity index (χ3v) is 4.01. The highest BCUT2D eigenvalue weighted by Crippen LogP contribution is 2.17. The fourth-order valence-corrected chi connectivity index (χ4v) is 2.68. The minimum atomic E-state index is -0.191. The molecule has 1 heterocycles. The van der Waals surface area contributed by atoms with E-state index in [2.05, 4.69) is 34.7 Å². The van der Waals surface area contributed by atoms with E-state index in [1.807, 2.05) is 20.8 Å². The molecule has 0 spiro atoms. The quantitative estimate of drug-likeness (QED) is 0.438. The Kier molecular flexibility index (Phi) is 8.58. The van der Waals surface area contributed by atoms with Crippen molar-refractivity contribution in [2.75, 3.05) is 13.1 Å². The van der Waals surface area contributed by atoms with Crippen LogP contribution in [0.4, 0.5) is 0 Å². The number of hydrogen-bond acceptors (Lipinski definition) is 4. The molecule has 2 N–H and O–H groups in total. The Balaban J connectivity index is 2.43. The lowest BCUT2D eigenvalue weighted by Crippen LogP contribution is -2.38. The molecule has 0 amide bonds. The first kappa shape index (κ1) is 18.5. The van der Waals surface area contributed by atoms with Gasteiger partial charge >= 0.3 is 5.97 Å². The van der Waals surface area contributed by atoms with Gasteiger partial charge < -0.3 is 15.4 Å². The van der Waals surface area contributed by atoms with Gasteiger partial charge in [-0.05, 0) is 39.3 Å². The maximum atomic E-state index is 11.5. The van der Waals surface area contributed by atoms with Crippen LogP contribution in [0.2, 0.25) is 0 Å². The van der Waals surface area contributed by atoms with E-state index in [-0.39, 0.29) is 12.1 Å². The van der Waals surface area contributed by atoms with Crippen molar-refractivity contribution in [3.63, 3.8) is 0 Å². The van der Waals surface area contributed by atoms with Crippen molar-refractivity contribution in [3.8, 4) is 0 Å². The number of nitrogens with one attached hydrogen (secondary N) is 2. The molecule has 1 rings (SSSR count). The van der Waals surface area contributed by atoms with Gasteiger partial charge in [-0.25, -0.2) is 4.99 Å². The molecule has 0 saturated carbocycles. The van der Waals surface area contributed by atoms with Crippen molar-refractivity contribution in [1.29, 1.82) is 0 Å². The molecule has 0 atom stereocenters. The molecule has 0 aliphatic heterocycles. The highest BCUT2D eigenvalue weighted by molar-refractivity contribution is 7.11. The summed E-state index contributed by atoms with van der Waals surface area (Å²) in [5.74, 6) is 0.537. The Morgan fingerprint density at radius 3 is 2.59 bits per heavy atom. The average molecular weight is 325 g/mol. The van der Waals surface area contributed by atoms with E-state index in [4.69, 9.17) is 4.74 Å². The second-order valence-electron chi connectivity index (χ2n) is 5.13. The maximum absolute atomic E-state index is 11.5. The van der Waals surface area contributed by atoms with Gasteiger partial charge in [-0.3, -0.25) is 4.79 Å². The van der Waals surface area contributed by atoms with Gasteiger partial charge in [0, 0.05) is 22.8 Å². The summed E-state index contributed by atoms with van der Waals surface area (Å²) in [5.41, 5.74) is 0. The first-order valence-electron chi connectivity index (χ1n) is 7.84. The third-order valence-electron chi connectivity index (χ3n) is 2.79. The van der Waals surface area contributed by atoms with E-state index in [0.717, 1.165) is 18.9 Å². The van der Waals surface area contributed by atoms with Crippen LogP contribution in [0.1, 0.15) is 43.9 Å². The van der Waals surface area contributed by atoms with Crippen molar-refractivity contribution < 1.29 is 9.53 Å². The van der Waals surface area contributed by atoms with Crippen LogP contribution in [0.15, 0.2) is 17.1 Å². The summed E-state index contributed by atoms with van der Waals surface area (Å²) in [5, 5.41) is 6.34. The zero-order chi connectivity index (χ0) is 16.4. The second-order valence-corrected chi connectivity index (χ2v) is 6.39. The summed E-state index contributed by atoms with van der Waals surface area (Å²) in [6.07, 6.45) is 1.33. The molecule has 124 valence electrons. The van der Waals surface area contributed by atoms with Crippen LogP contribution < -0.4 is 10.6 Å². The van der Waals surface area contributed by atoms with Gasteiger partial charge in [0.05, 0.1) is 19.1 Å². The number of rotatable bonds is 8. The number of esters is 1. The van der Waals surface area contributed by atoms with E-state index in [9.17, 15) is 4.79 Å². The van der Waals surface area contributed by atoms with E-state index < -0.39 is 0 Å². The van der Waals surface area contributed by atoms with Gasteiger partial charge in [0.1, 0.15) is 0 Å². The number of aryl methyl sites for hydroxylation is 1. The zero-order valence-electron chi connectivity index (χ0n) is 13.9. The number of thiophene rings is 1. The van der Waals surface area contributed by atoms with Crippen LogP contribution in [-0.4, -0.2) is 31.1 Å². The van der Waals surface area contributed by atoms with Crippen LogP contribution in [0.3, 0.4) is 0 Å². The van der Waals surface area contributed by atoms with Crippen molar-refractivity contribution in [3.05, 3.63) is 21.9 Å². The summed E-state index contributed by atoms with van der Waals surface area (Å²) in [7, 11) is 0. The Morgan fingerprint density at radius 1 is 1.27 bits per heavy atom. The first-order chi connectivity index (χ1) is 10.5. The summed E-state index contributed by atoms with van der Waals surface area (Å²) >= 11 is 1.79. The molecule has 0 radical (unpaired) electrons. The predicted molar refractivity (Wildman–Crippen MR) is 92.4 cm³/mol. The van der Waals surface area contributed by atoms with Gasteiger partial charge in [0.25, 0.3) is 0 Å². The second kappa shape index (κ2) is 10.2. The van der Waals surface area contributed by atoms with Gasteiger partial charge in [-0.15, -0.1) is 11.3 Å². The Morgan fingerprint density at radius 2 is 2.00 bits per heavy atom. The number of hydrogen-bond donors (Lipinski definition) is 2. The summed E-state index contributed by atoms with van der Waals surface area (Å²) in [6.45, 7) is 9.82. The summed E-state index contributed by atoms with van der Waals surface area (Å²) < 4.78 is 5.10. The molecule has 0 fully saturated rings. The fraction of sp³-hybridized carbons (Fsp3) is 0.625. The number of carbonyl (C=O) groups excluding carboxylic acids is 1. The summed E-state index contributed by atoms with van der Waals surface area (Å²) in [6, 6.07) is 4.27. The molecule has 0 aromatic carbocycles. The number of ether oxygens (including phenoxy) is 1. The van der Waals surface area contributed by atoms with Crippen molar-refractivity contribution in [2.24, 2.45) is 4.99 Å². The van der Waals surface area contributed by atoms with Gasteiger partial charge in [0.2, 0.25) is 0 Å². The van der Waals surface area contributed by atoms with E-state index in [1.165, 1.54) is 9.75 Å². The molecular weight excluding hydrogens is 298 g/mol. The minimum absolute atomic E-state index is 0.0685. The van der Waals surface area contributed by atoms with Crippen LogP contribution in [0.5, 0.6) is 0 Å². The molecule has 6 heteroatoms. The van der Waals surface area contributed by atoms with Crippen LogP contribution >= 0.6 is 11.3 Å². The zero-order valence-corrected chi connectivity index (χ0v) is 14.8. The lowest BCUT2D eigenvalue weighted by Gasteiger charge is -2.11. The molecule has 5 nitrogen and oxygen atoms in total. The largest absolute Gasteiger partial charge is 0.463 e. The molecule has 0 aliphatic rings. The van der Waals surface area contributed by atoms with E-state index in [0.29, 0.717) is 19.5 Å². The molecule has 0 aliphatic carbocycles. The Labute approximate surface area is 137 Å². The standard InChI is InChI=1S/C16H27N3O2S/c1-5-13-7-8-14(22-13)11-19-16(17-6-2)18-10-9-15(20)21-12(3)4/h7-8,12H,5-6,9-11H2,1-4H3,(H2,17,18,19). The average Bonchev–Trinajstić information content (AvgIpc) is 2.92. The van der Waals surface area contributed by atoms with Gasteiger partial charge in [-0.2, -0.15) is 0 Å². The topological polar surface area (TPSA) is 62.7 Å². The van der Waals surface area contributed by atoms with Crippen LogP contribution in [0.25, 0.3) is 0 Å². The van der Waals surface area contributed by atoms with E-state index in [1.54, 1.807) is 11.3 Å². The molecule has 0 bridgehead atoms. The number of aliphatic imine (C=N–C) groups is 1. The molecule has 1 aromatic heterocycles. The Hall–Kier alpha value is -1.56. The molecule has 1 aromatic rings. The van der Waals surface area contributed by atoms with Gasteiger partial charge in [0.15, 0.2) is 5.96 Å². The van der Waals surface area contributed by atoms with Crippen molar-refractivity contribution in [2.45, 2.75) is 53.2 Å². The summed E-state index contributed by atoms with van der Waals surface area (Å²) in [4.78, 5) is 18.6. The maximum Gasteiger partial charge on any atom is 0.307 e. The molecule has 0 unspecified atom stereocenters. The first-order valence-corrected chi connectivity index (χ1v) is 8.66. The highest BCUT2D eigenvalue weighted by atomic mass is 32.1. The molecular formula is C16H27N3O2S. The number of guanidine groups is 1. The van der Waals surface area contributed by atoms with Gasteiger partial charge in [-0.1, -0.05) is 6.92 Å². The molecule has 0 saturated heterocycles. The van der Waals surface area contributed by atoms with Crippen molar-refractivity contribution in [1.82, 2.24) is 10.6 Å². The predicted octanol–water partition coefficient (Wildman–Crippen LogP) is 2.71. The number of carbonyl (C=O) groups is 1. The van der Waals surface area contributed by atoms with E-state index >= 15 is 0 Å². The third kappa shape index (κ3) is 7.45. The minimum Gasteiger partial charge on any atom is -0.463 e. The Bertz CT molecular complexity index is 483. The SMILES string of the molecule is CCNC(=NCc1ccc(CC)s1)NCCC(=O)OC(C)C. The van der Waals surface area contributed by atoms with Crippen LogP contribution in [-0.2, 0) is 22.5 Å². The lowest BCUT2D eigenvalue weighted by atomic mass is 10.4. The smallest absolute Gasteiger partial charge is 0.307 e.